The van der Waals surface area contributed by atoms with Gasteiger partial charge in [0.05, 0.1) is 0 Å². The third kappa shape index (κ3) is 4.71. The van der Waals surface area contributed by atoms with Crippen LogP contribution in [0.5, 0.6) is 11.5 Å². The SMILES string of the molecule is Cc1c(F)cccc1-c1c(C(=O)c2cccc(O)c2)cc(C(=O)[C@H]2CCCNC2)c([C@H]2CC3CCN2CC3)c1O. The maximum atomic E-state index is 14.9. The van der Waals surface area contributed by atoms with E-state index in [0.717, 1.165) is 51.7 Å². The molecule has 4 aliphatic rings. The minimum Gasteiger partial charge on any atom is -0.508 e. The molecule has 0 aromatic heterocycles. The molecule has 4 fully saturated rings. The number of halogens is 1. The molecule has 4 saturated heterocycles. The molecule has 40 heavy (non-hydrogen) atoms. The number of benzene rings is 3. The lowest BCUT2D eigenvalue weighted by Gasteiger charge is -2.46. The Bertz CT molecular complexity index is 1470. The van der Waals surface area contributed by atoms with E-state index in [1.54, 1.807) is 37.3 Å². The van der Waals surface area contributed by atoms with Crippen molar-refractivity contribution in [2.75, 3.05) is 26.2 Å². The van der Waals surface area contributed by atoms with Crippen LogP contribution < -0.4 is 5.32 Å². The molecule has 3 N–H and O–H groups in total. The van der Waals surface area contributed by atoms with Crippen molar-refractivity contribution in [1.82, 2.24) is 10.2 Å². The van der Waals surface area contributed by atoms with Crippen molar-refractivity contribution in [3.05, 3.63) is 82.2 Å². The summed E-state index contributed by atoms with van der Waals surface area (Å²) in [4.78, 5) is 30.6. The van der Waals surface area contributed by atoms with Gasteiger partial charge in [-0.05, 0) is 100.0 Å². The van der Waals surface area contributed by atoms with Gasteiger partial charge in [0.1, 0.15) is 17.3 Å². The Morgan fingerprint density at radius 2 is 1.77 bits per heavy atom. The smallest absolute Gasteiger partial charge is 0.193 e. The van der Waals surface area contributed by atoms with Gasteiger partial charge in [0.15, 0.2) is 11.6 Å². The monoisotopic (exact) mass is 542 g/mol. The van der Waals surface area contributed by atoms with Crippen molar-refractivity contribution >= 4 is 11.6 Å². The molecule has 0 spiro atoms. The number of nitrogens with one attached hydrogen (secondary N) is 1. The first-order valence-corrected chi connectivity index (χ1v) is 14.3. The van der Waals surface area contributed by atoms with Gasteiger partial charge < -0.3 is 15.5 Å². The maximum absolute atomic E-state index is 14.9. The molecule has 2 atom stereocenters. The predicted octanol–water partition coefficient (Wildman–Crippen LogP) is 5.78. The Balaban J connectivity index is 1.62. The van der Waals surface area contributed by atoms with E-state index in [9.17, 15) is 24.2 Å². The molecule has 4 aliphatic heterocycles. The summed E-state index contributed by atoms with van der Waals surface area (Å²) < 4.78 is 14.9. The van der Waals surface area contributed by atoms with Gasteiger partial charge in [-0.15, -0.1) is 0 Å². The van der Waals surface area contributed by atoms with Gasteiger partial charge in [0.2, 0.25) is 0 Å². The molecule has 0 radical (unpaired) electrons. The van der Waals surface area contributed by atoms with Gasteiger partial charge in [-0.2, -0.15) is 0 Å². The van der Waals surface area contributed by atoms with Gasteiger partial charge in [0.25, 0.3) is 0 Å². The molecule has 0 amide bonds. The van der Waals surface area contributed by atoms with Crippen LogP contribution in [0.3, 0.4) is 0 Å². The number of piperidine rings is 4. The van der Waals surface area contributed by atoms with Gasteiger partial charge in [-0.3, -0.25) is 14.5 Å². The summed E-state index contributed by atoms with van der Waals surface area (Å²) in [5.74, 6) is -0.890. The molecule has 6 nitrogen and oxygen atoms in total. The highest BCUT2D eigenvalue weighted by Crippen LogP contribution is 2.49. The van der Waals surface area contributed by atoms with E-state index in [1.807, 2.05) is 0 Å². The summed E-state index contributed by atoms with van der Waals surface area (Å²) in [6.45, 7) is 4.83. The number of phenolic OH excluding ortho intramolecular Hbond substituents is 2. The van der Waals surface area contributed by atoms with Crippen molar-refractivity contribution in [3.8, 4) is 22.6 Å². The van der Waals surface area contributed by atoms with E-state index in [2.05, 4.69) is 10.2 Å². The van der Waals surface area contributed by atoms with Gasteiger partial charge in [-0.25, -0.2) is 4.39 Å². The number of hydrogen-bond donors (Lipinski definition) is 3. The largest absolute Gasteiger partial charge is 0.508 e. The van der Waals surface area contributed by atoms with Crippen molar-refractivity contribution in [3.63, 3.8) is 0 Å². The Hall–Kier alpha value is -3.55. The fourth-order valence-electron chi connectivity index (χ4n) is 6.92. The number of carbonyl (C=O) groups is 2. The quantitative estimate of drug-likeness (QED) is 0.342. The molecule has 208 valence electrons. The molecule has 2 bridgehead atoms. The lowest BCUT2D eigenvalue weighted by atomic mass is 9.75. The van der Waals surface area contributed by atoms with Gasteiger partial charge in [0, 0.05) is 46.3 Å². The standard InChI is InChI=1S/C33H35FN2O4/c1-19-24(8-3-9-27(19)34)29-25(31(38)21-5-2-7-23(37)16-21)17-26(32(39)22-6-4-12-35-18-22)30(33(29)40)28-15-20-10-13-36(28)14-11-20/h2-3,5,7-9,16-17,20,22,28,35,37,40H,4,6,10-15,18H2,1H3/t22-,28+/m0/s1. The Morgan fingerprint density at radius 3 is 2.45 bits per heavy atom. The van der Waals surface area contributed by atoms with E-state index in [0.29, 0.717) is 34.7 Å². The number of nitrogens with zero attached hydrogens (tertiary/aromatic N) is 1. The molecule has 0 saturated carbocycles. The predicted molar refractivity (Wildman–Crippen MR) is 151 cm³/mol. The fraction of sp³-hybridized carbons (Fsp3) is 0.394. The topological polar surface area (TPSA) is 89.9 Å². The number of carbonyl (C=O) groups excluding carboxylic acids is 2. The molecule has 3 aromatic carbocycles. The number of phenols is 2. The average molecular weight is 543 g/mol. The van der Waals surface area contributed by atoms with Crippen LogP contribution in [0.1, 0.15) is 75.6 Å². The highest BCUT2D eigenvalue weighted by molar-refractivity contribution is 6.16. The van der Waals surface area contributed by atoms with Crippen LogP contribution in [-0.4, -0.2) is 52.9 Å². The summed E-state index contributed by atoms with van der Waals surface area (Å²) in [7, 11) is 0. The molecule has 0 aliphatic carbocycles. The van der Waals surface area contributed by atoms with Crippen molar-refractivity contribution < 1.29 is 24.2 Å². The van der Waals surface area contributed by atoms with Crippen LogP contribution >= 0.6 is 0 Å². The van der Waals surface area contributed by atoms with E-state index >= 15 is 0 Å². The molecule has 0 unspecified atom stereocenters. The second-order valence-corrected chi connectivity index (χ2v) is 11.5. The maximum Gasteiger partial charge on any atom is 0.193 e. The fourth-order valence-corrected chi connectivity index (χ4v) is 6.92. The number of rotatable bonds is 6. The summed E-state index contributed by atoms with van der Waals surface area (Å²) in [6, 6.07) is 12.1. The van der Waals surface area contributed by atoms with E-state index in [1.165, 1.54) is 18.2 Å². The van der Waals surface area contributed by atoms with Crippen LogP contribution in [0.15, 0.2) is 48.5 Å². The van der Waals surface area contributed by atoms with Crippen LogP contribution in [0.4, 0.5) is 4.39 Å². The molecule has 7 rings (SSSR count). The number of fused-ring (bicyclic) bond motifs is 3. The zero-order valence-corrected chi connectivity index (χ0v) is 22.8. The zero-order valence-electron chi connectivity index (χ0n) is 22.8. The Kier molecular flexibility index (Phi) is 7.19. The number of aromatic hydroxyl groups is 2. The highest BCUT2D eigenvalue weighted by Gasteiger charge is 2.40. The first-order chi connectivity index (χ1) is 19.3. The normalized spacial score (nSPS) is 24.1. The Morgan fingerprint density at radius 1 is 1.00 bits per heavy atom. The molecule has 7 heteroatoms. The summed E-state index contributed by atoms with van der Waals surface area (Å²) >= 11 is 0. The molecule has 3 aromatic rings. The van der Waals surface area contributed by atoms with Crippen LogP contribution in [0, 0.1) is 24.6 Å². The van der Waals surface area contributed by atoms with Crippen molar-refractivity contribution in [2.24, 2.45) is 11.8 Å². The summed E-state index contributed by atoms with van der Waals surface area (Å²) in [5.41, 5.74) is 2.26. The molecule has 4 heterocycles. The Labute approximate surface area is 233 Å². The second-order valence-electron chi connectivity index (χ2n) is 11.5. The van der Waals surface area contributed by atoms with Crippen molar-refractivity contribution in [2.45, 2.75) is 45.1 Å². The summed E-state index contributed by atoms with van der Waals surface area (Å²) in [6.07, 6.45) is 4.64. The number of hydrogen-bond acceptors (Lipinski definition) is 6. The van der Waals surface area contributed by atoms with E-state index in [4.69, 9.17) is 0 Å². The molecular formula is C33H35FN2O4. The average Bonchev–Trinajstić information content (AvgIpc) is 2.98. The molecular weight excluding hydrogens is 507 g/mol. The first-order valence-electron chi connectivity index (χ1n) is 14.3. The minimum absolute atomic E-state index is 0.0641. The van der Waals surface area contributed by atoms with E-state index in [-0.39, 0.29) is 45.9 Å². The van der Waals surface area contributed by atoms with Crippen LogP contribution in [-0.2, 0) is 0 Å². The van der Waals surface area contributed by atoms with Crippen LogP contribution in [0.25, 0.3) is 11.1 Å². The second kappa shape index (κ2) is 10.8. The number of ketones is 2. The zero-order chi connectivity index (χ0) is 28.0. The van der Waals surface area contributed by atoms with E-state index < -0.39 is 11.6 Å². The first kappa shape index (κ1) is 26.7. The lowest BCUT2D eigenvalue weighted by molar-refractivity contribution is 0.0469. The lowest BCUT2D eigenvalue weighted by Crippen LogP contribution is -2.44. The van der Waals surface area contributed by atoms with Crippen LogP contribution in [0.2, 0.25) is 0 Å². The van der Waals surface area contributed by atoms with Gasteiger partial charge in [-0.1, -0.05) is 24.3 Å². The summed E-state index contributed by atoms with van der Waals surface area (Å²) in [5, 5.41) is 25.6. The number of Topliss-reactive ketones (excluding diaryl/α,β-unsaturated/α-hetero) is 1. The van der Waals surface area contributed by atoms with Crippen molar-refractivity contribution in [1.29, 1.82) is 0 Å². The minimum atomic E-state index is -0.447. The highest BCUT2D eigenvalue weighted by atomic mass is 19.1. The van der Waals surface area contributed by atoms with Gasteiger partial charge >= 0.3 is 0 Å². The third-order valence-corrected chi connectivity index (χ3v) is 9.14. The third-order valence-electron chi connectivity index (χ3n) is 9.14.